The Morgan fingerprint density at radius 1 is 1.05 bits per heavy atom. The van der Waals surface area contributed by atoms with Crippen LogP contribution in [0.1, 0.15) is 5.56 Å². The third kappa shape index (κ3) is 2.75. The van der Waals surface area contributed by atoms with Crippen LogP contribution in [0.2, 0.25) is 0 Å². The standard InChI is InChI=1S/C16H13FN2S/c17-13-5-7-14(8-6-13)20-10-12-9-11-3-1-2-4-15(11)19-16(12)18/h1-9H,10H2,(H2,18,19). The molecule has 3 aromatic rings. The highest BCUT2D eigenvalue weighted by atomic mass is 32.2. The van der Waals surface area contributed by atoms with Crippen LogP contribution in [0, 0.1) is 5.82 Å². The number of rotatable bonds is 3. The van der Waals surface area contributed by atoms with Crippen LogP contribution in [-0.2, 0) is 5.75 Å². The van der Waals surface area contributed by atoms with E-state index >= 15 is 0 Å². The molecule has 1 heterocycles. The van der Waals surface area contributed by atoms with Crippen molar-refractivity contribution in [3.63, 3.8) is 0 Å². The van der Waals surface area contributed by atoms with E-state index in [1.54, 1.807) is 23.9 Å². The van der Waals surface area contributed by atoms with E-state index in [0.717, 1.165) is 27.1 Å². The first kappa shape index (κ1) is 12.9. The van der Waals surface area contributed by atoms with Gasteiger partial charge in [-0.3, -0.25) is 0 Å². The van der Waals surface area contributed by atoms with Crippen molar-refractivity contribution in [2.75, 3.05) is 5.73 Å². The largest absolute Gasteiger partial charge is 0.383 e. The highest BCUT2D eigenvalue weighted by Gasteiger charge is 2.05. The fourth-order valence-corrected chi connectivity index (χ4v) is 2.86. The monoisotopic (exact) mass is 284 g/mol. The number of aromatic nitrogens is 1. The zero-order valence-corrected chi connectivity index (χ0v) is 11.5. The lowest BCUT2D eigenvalue weighted by Crippen LogP contribution is -1.97. The lowest BCUT2D eigenvalue weighted by atomic mass is 10.1. The van der Waals surface area contributed by atoms with Gasteiger partial charge in [0.1, 0.15) is 11.6 Å². The molecule has 0 fully saturated rings. The molecule has 0 amide bonds. The van der Waals surface area contributed by atoms with E-state index < -0.39 is 0 Å². The summed E-state index contributed by atoms with van der Waals surface area (Å²) in [6.45, 7) is 0. The molecule has 0 aliphatic rings. The summed E-state index contributed by atoms with van der Waals surface area (Å²) in [5.74, 6) is 1.05. The van der Waals surface area contributed by atoms with Crippen molar-refractivity contribution >= 4 is 28.5 Å². The van der Waals surface area contributed by atoms with Gasteiger partial charge in [-0.25, -0.2) is 9.37 Å². The van der Waals surface area contributed by atoms with Crippen molar-refractivity contribution < 1.29 is 4.39 Å². The number of fused-ring (bicyclic) bond motifs is 1. The summed E-state index contributed by atoms with van der Waals surface area (Å²) in [5.41, 5.74) is 7.89. The maximum atomic E-state index is 12.8. The molecular formula is C16H13FN2S. The first-order valence-electron chi connectivity index (χ1n) is 6.25. The van der Waals surface area contributed by atoms with Gasteiger partial charge in [0.05, 0.1) is 5.52 Å². The van der Waals surface area contributed by atoms with Crippen molar-refractivity contribution in [3.05, 3.63) is 66.0 Å². The normalized spacial score (nSPS) is 10.8. The summed E-state index contributed by atoms with van der Waals surface area (Å²) in [6.07, 6.45) is 0. The summed E-state index contributed by atoms with van der Waals surface area (Å²) in [5, 5.41) is 1.08. The first-order valence-corrected chi connectivity index (χ1v) is 7.23. The topological polar surface area (TPSA) is 38.9 Å². The van der Waals surface area contributed by atoms with E-state index in [9.17, 15) is 4.39 Å². The number of nitrogens with zero attached hydrogens (tertiary/aromatic N) is 1. The van der Waals surface area contributed by atoms with Crippen LogP contribution in [0.5, 0.6) is 0 Å². The SMILES string of the molecule is Nc1nc2ccccc2cc1CSc1ccc(F)cc1. The number of thioether (sulfide) groups is 1. The number of anilines is 1. The highest BCUT2D eigenvalue weighted by Crippen LogP contribution is 2.27. The Morgan fingerprint density at radius 2 is 1.80 bits per heavy atom. The van der Waals surface area contributed by atoms with Crippen molar-refractivity contribution in [1.82, 2.24) is 4.98 Å². The lowest BCUT2D eigenvalue weighted by molar-refractivity contribution is 0.626. The van der Waals surface area contributed by atoms with E-state index in [2.05, 4.69) is 11.1 Å². The molecule has 20 heavy (non-hydrogen) atoms. The second-order valence-corrected chi connectivity index (χ2v) is 5.52. The molecular weight excluding hydrogens is 271 g/mol. The van der Waals surface area contributed by atoms with Crippen LogP contribution < -0.4 is 5.73 Å². The second-order valence-electron chi connectivity index (χ2n) is 4.47. The first-order chi connectivity index (χ1) is 9.72. The number of hydrogen-bond acceptors (Lipinski definition) is 3. The number of benzene rings is 2. The van der Waals surface area contributed by atoms with Crippen molar-refractivity contribution in [1.29, 1.82) is 0 Å². The average molecular weight is 284 g/mol. The summed E-state index contributed by atoms with van der Waals surface area (Å²) in [4.78, 5) is 5.42. The molecule has 0 aliphatic heterocycles. The maximum Gasteiger partial charge on any atom is 0.128 e. The molecule has 2 nitrogen and oxygen atoms in total. The molecule has 0 radical (unpaired) electrons. The Hall–Kier alpha value is -2.07. The van der Waals surface area contributed by atoms with Crippen LogP contribution in [0.15, 0.2) is 59.5 Å². The molecule has 0 unspecified atom stereocenters. The lowest BCUT2D eigenvalue weighted by Gasteiger charge is -2.07. The van der Waals surface area contributed by atoms with Gasteiger partial charge in [-0.1, -0.05) is 18.2 Å². The molecule has 0 saturated heterocycles. The number of nitrogens with two attached hydrogens (primary N) is 1. The highest BCUT2D eigenvalue weighted by molar-refractivity contribution is 7.98. The van der Waals surface area contributed by atoms with Gasteiger partial charge in [0, 0.05) is 21.6 Å². The molecule has 1 aromatic heterocycles. The summed E-state index contributed by atoms with van der Waals surface area (Å²) in [7, 11) is 0. The Labute approximate surface area is 120 Å². The minimum atomic E-state index is -0.221. The Kier molecular flexibility index (Phi) is 3.56. The molecule has 0 bridgehead atoms. The van der Waals surface area contributed by atoms with E-state index in [1.165, 1.54) is 12.1 Å². The molecule has 100 valence electrons. The third-order valence-corrected chi connectivity index (χ3v) is 4.11. The van der Waals surface area contributed by atoms with E-state index in [0.29, 0.717) is 5.82 Å². The van der Waals surface area contributed by atoms with Gasteiger partial charge in [0.2, 0.25) is 0 Å². The molecule has 2 aromatic carbocycles. The Balaban J connectivity index is 1.83. The zero-order chi connectivity index (χ0) is 13.9. The summed E-state index contributed by atoms with van der Waals surface area (Å²) < 4.78 is 12.8. The average Bonchev–Trinajstić information content (AvgIpc) is 2.47. The molecule has 0 spiro atoms. The fraction of sp³-hybridized carbons (Fsp3) is 0.0625. The predicted molar refractivity (Wildman–Crippen MR) is 82.1 cm³/mol. The van der Waals surface area contributed by atoms with Gasteiger partial charge in [0.25, 0.3) is 0 Å². The Bertz CT molecular complexity index is 741. The van der Waals surface area contributed by atoms with Gasteiger partial charge in [-0.2, -0.15) is 0 Å². The number of halogens is 1. The van der Waals surface area contributed by atoms with Gasteiger partial charge < -0.3 is 5.73 Å². The van der Waals surface area contributed by atoms with Crippen molar-refractivity contribution in [2.24, 2.45) is 0 Å². The predicted octanol–water partition coefficient (Wildman–Crippen LogP) is 4.25. The molecule has 0 atom stereocenters. The summed E-state index contributed by atoms with van der Waals surface area (Å²) in [6, 6.07) is 16.4. The fourth-order valence-electron chi connectivity index (χ4n) is 1.98. The van der Waals surface area contributed by atoms with Gasteiger partial charge >= 0.3 is 0 Å². The van der Waals surface area contributed by atoms with Crippen molar-refractivity contribution in [2.45, 2.75) is 10.6 Å². The molecule has 2 N–H and O–H groups in total. The van der Waals surface area contributed by atoms with Crippen LogP contribution in [-0.4, -0.2) is 4.98 Å². The molecule has 4 heteroatoms. The second kappa shape index (κ2) is 5.51. The zero-order valence-electron chi connectivity index (χ0n) is 10.7. The molecule has 0 saturated carbocycles. The van der Waals surface area contributed by atoms with Crippen LogP contribution in [0.4, 0.5) is 10.2 Å². The van der Waals surface area contributed by atoms with Gasteiger partial charge in [-0.15, -0.1) is 11.8 Å². The van der Waals surface area contributed by atoms with Gasteiger partial charge in [-0.05, 0) is 36.4 Å². The van der Waals surface area contributed by atoms with Gasteiger partial charge in [0.15, 0.2) is 0 Å². The van der Waals surface area contributed by atoms with E-state index in [4.69, 9.17) is 5.73 Å². The van der Waals surface area contributed by atoms with E-state index in [-0.39, 0.29) is 5.82 Å². The quantitative estimate of drug-likeness (QED) is 0.731. The minimum Gasteiger partial charge on any atom is -0.383 e. The number of nitrogen functional groups attached to an aromatic ring is 1. The minimum absolute atomic E-state index is 0.221. The van der Waals surface area contributed by atoms with Crippen LogP contribution in [0.25, 0.3) is 10.9 Å². The number of hydrogen-bond donors (Lipinski definition) is 1. The Morgan fingerprint density at radius 3 is 2.60 bits per heavy atom. The molecule has 0 aliphatic carbocycles. The molecule has 3 rings (SSSR count). The maximum absolute atomic E-state index is 12.8. The number of para-hydroxylation sites is 1. The summed E-state index contributed by atoms with van der Waals surface area (Å²) >= 11 is 1.62. The van der Waals surface area contributed by atoms with Crippen LogP contribution in [0.3, 0.4) is 0 Å². The van der Waals surface area contributed by atoms with E-state index in [1.807, 2.05) is 24.3 Å². The number of pyridine rings is 1. The van der Waals surface area contributed by atoms with Crippen LogP contribution >= 0.6 is 11.8 Å². The smallest absolute Gasteiger partial charge is 0.128 e. The third-order valence-electron chi connectivity index (χ3n) is 3.04. The van der Waals surface area contributed by atoms with Crippen molar-refractivity contribution in [3.8, 4) is 0 Å².